The Morgan fingerprint density at radius 2 is 1.86 bits per heavy atom. The van der Waals surface area contributed by atoms with E-state index in [1.54, 1.807) is 12.1 Å². The highest BCUT2D eigenvalue weighted by atomic mass is 35.5. The zero-order valence-electron chi connectivity index (χ0n) is 13.9. The number of halogens is 1. The van der Waals surface area contributed by atoms with E-state index in [9.17, 15) is 4.79 Å². The minimum atomic E-state index is -0.534. The van der Waals surface area contributed by atoms with Crippen LogP contribution in [0.5, 0.6) is 0 Å². The number of anilines is 1. The van der Waals surface area contributed by atoms with Crippen molar-refractivity contribution < 1.29 is 9.53 Å². The molecule has 1 amide bonds. The molecule has 3 N–H and O–H groups in total. The van der Waals surface area contributed by atoms with Gasteiger partial charge in [-0.15, -0.1) is 0 Å². The maximum Gasteiger partial charge on any atom is 0.412 e. The van der Waals surface area contributed by atoms with Crippen molar-refractivity contribution in [3.63, 3.8) is 0 Å². The lowest BCUT2D eigenvalue weighted by molar-refractivity contribution is 0.0636. The highest BCUT2D eigenvalue weighted by Crippen LogP contribution is 2.51. The summed E-state index contributed by atoms with van der Waals surface area (Å²) in [7, 11) is 0. The van der Waals surface area contributed by atoms with Gasteiger partial charge >= 0.3 is 6.09 Å². The van der Waals surface area contributed by atoms with Crippen molar-refractivity contribution in [3.8, 4) is 0 Å². The van der Waals surface area contributed by atoms with Gasteiger partial charge in [-0.1, -0.05) is 25.4 Å². The summed E-state index contributed by atoms with van der Waals surface area (Å²) in [6.07, 6.45) is 1.49. The standard InChI is InChI=1S/C17H25ClN2O2/c1-15(2,3)22-14(21)20-11-6-7-13(18)12(10-11)16(4,5)17(19)8-9-17/h6-7,10H,8-9,19H2,1-5H3,(H,20,21). The molecule has 4 nitrogen and oxygen atoms in total. The van der Waals surface area contributed by atoms with Crippen LogP contribution in [0.25, 0.3) is 0 Å². The molecule has 0 spiro atoms. The highest BCUT2D eigenvalue weighted by molar-refractivity contribution is 6.31. The van der Waals surface area contributed by atoms with Gasteiger partial charge in [0.25, 0.3) is 0 Å². The summed E-state index contributed by atoms with van der Waals surface area (Å²) in [5.74, 6) is 0. The Balaban J connectivity index is 2.22. The predicted molar refractivity (Wildman–Crippen MR) is 90.5 cm³/mol. The number of benzene rings is 1. The fraction of sp³-hybridized carbons (Fsp3) is 0.588. The zero-order chi connectivity index (χ0) is 16.8. The van der Waals surface area contributed by atoms with Crippen LogP contribution in [0.1, 0.15) is 53.0 Å². The molecule has 0 aliphatic heterocycles. The van der Waals surface area contributed by atoms with Gasteiger partial charge in [-0.3, -0.25) is 5.32 Å². The molecule has 1 aliphatic carbocycles. The van der Waals surface area contributed by atoms with Crippen LogP contribution in [-0.4, -0.2) is 17.2 Å². The summed E-state index contributed by atoms with van der Waals surface area (Å²) in [6, 6.07) is 5.44. The Hall–Kier alpha value is -1.26. The Kier molecular flexibility index (Phi) is 4.22. The van der Waals surface area contributed by atoms with Crippen LogP contribution >= 0.6 is 11.6 Å². The number of hydrogen-bond donors (Lipinski definition) is 2. The average molecular weight is 325 g/mol. The molecule has 0 unspecified atom stereocenters. The Bertz CT molecular complexity index is 587. The van der Waals surface area contributed by atoms with Gasteiger partial charge in [-0.2, -0.15) is 0 Å². The monoisotopic (exact) mass is 324 g/mol. The molecule has 0 aromatic heterocycles. The van der Waals surface area contributed by atoms with Crippen molar-refractivity contribution in [3.05, 3.63) is 28.8 Å². The average Bonchev–Trinajstić information content (AvgIpc) is 3.09. The number of carbonyl (C=O) groups is 1. The van der Waals surface area contributed by atoms with Crippen LogP contribution in [0.4, 0.5) is 10.5 Å². The fourth-order valence-electron chi connectivity index (χ4n) is 2.53. The summed E-state index contributed by atoms with van der Waals surface area (Å²) in [5.41, 5.74) is 6.99. The normalized spacial score (nSPS) is 17.0. The first-order chi connectivity index (χ1) is 9.95. The van der Waals surface area contributed by atoms with E-state index in [1.807, 2.05) is 26.8 Å². The molecule has 1 aromatic rings. The first-order valence-electron chi connectivity index (χ1n) is 7.54. The van der Waals surface area contributed by atoms with Crippen molar-refractivity contribution in [2.75, 3.05) is 5.32 Å². The number of carbonyl (C=O) groups excluding carboxylic acids is 1. The second kappa shape index (κ2) is 5.43. The van der Waals surface area contributed by atoms with Crippen LogP contribution in [0.3, 0.4) is 0 Å². The van der Waals surface area contributed by atoms with E-state index in [1.165, 1.54) is 0 Å². The van der Waals surface area contributed by atoms with Crippen LogP contribution in [-0.2, 0) is 10.2 Å². The zero-order valence-corrected chi connectivity index (χ0v) is 14.7. The summed E-state index contributed by atoms with van der Waals surface area (Å²) in [6.45, 7) is 9.67. The van der Waals surface area contributed by atoms with Gasteiger partial charge in [0.1, 0.15) is 5.60 Å². The van der Waals surface area contributed by atoms with Crippen LogP contribution in [0.2, 0.25) is 5.02 Å². The molecule has 0 atom stereocenters. The van der Waals surface area contributed by atoms with Gasteiger partial charge in [0.2, 0.25) is 0 Å². The quantitative estimate of drug-likeness (QED) is 0.863. The molecule has 0 saturated heterocycles. The first-order valence-corrected chi connectivity index (χ1v) is 7.91. The summed E-state index contributed by atoms with van der Waals surface area (Å²) in [4.78, 5) is 11.9. The van der Waals surface area contributed by atoms with Crippen molar-refractivity contribution >= 4 is 23.4 Å². The lowest BCUT2D eigenvalue weighted by Crippen LogP contribution is -2.43. The van der Waals surface area contributed by atoms with Crippen molar-refractivity contribution in [1.29, 1.82) is 0 Å². The minimum Gasteiger partial charge on any atom is -0.444 e. The van der Waals surface area contributed by atoms with E-state index in [0.29, 0.717) is 10.7 Å². The van der Waals surface area contributed by atoms with Gasteiger partial charge < -0.3 is 10.5 Å². The molecule has 122 valence electrons. The third kappa shape index (κ3) is 3.55. The molecule has 2 rings (SSSR count). The highest BCUT2D eigenvalue weighted by Gasteiger charge is 2.52. The van der Waals surface area contributed by atoms with Crippen molar-refractivity contribution in [2.45, 2.75) is 64.0 Å². The van der Waals surface area contributed by atoms with Crippen LogP contribution in [0, 0.1) is 0 Å². The van der Waals surface area contributed by atoms with Crippen molar-refractivity contribution in [2.24, 2.45) is 5.73 Å². The number of nitrogens with one attached hydrogen (secondary N) is 1. The molecule has 1 aromatic carbocycles. The molecule has 1 saturated carbocycles. The second-order valence-corrected chi connectivity index (χ2v) is 8.01. The SMILES string of the molecule is CC(C)(C)OC(=O)Nc1ccc(Cl)c(C(C)(C)C2(N)CC2)c1. The maximum atomic E-state index is 11.9. The van der Waals surface area contributed by atoms with Gasteiger partial charge in [0.15, 0.2) is 0 Å². The smallest absolute Gasteiger partial charge is 0.412 e. The summed E-state index contributed by atoms with van der Waals surface area (Å²) >= 11 is 6.36. The number of amides is 1. The topological polar surface area (TPSA) is 64.3 Å². The minimum absolute atomic E-state index is 0.221. The Labute approximate surface area is 137 Å². The predicted octanol–water partition coefficient (Wildman–Crippen LogP) is 4.46. The maximum absolute atomic E-state index is 11.9. The molecule has 0 heterocycles. The number of rotatable bonds is 3. The lowest BCUT2D eigenvalue weighted by Gasteiger charge is -2.33. The molecule has 0 radical (unpaired) electrons. The molecular formula is C17H25ClN2O2. The van der Waals surface area contributed by atoms with Crippen molar-refractivity contribution in [1.82, 2.24) is 0 Å². The van der Waals surface area contributed by atoms with E-state index in [0.717, 1.165) is 18.4 Å². The fourth-order valence-corrected chi connectivity index (χ4v) is 2.89. The molecule has 1 aliphatic rings. The van der Waals surface area contributed by atoms with Gasteiger partial charge in [-0.25, -0.2) is 4.79 Å². The molecule has 0 bridgehead atoms. The third-order valence-electron chi connectivity index (χ3n) is 4.32. The molecule has 1 fully saturated rings. The Morgan fingerprint density at radius 3 is 2.36 bits per heavy atom. The van der Waals surface area contributed by atoms with Crippen LogP contribution in [0.15, 0.2) is 18.2 Å². The van der Waals surface area contributed by atoms with Gasteiger partial charge in [0, 0.05) is 21.7 Å². The third-order valence-corrected chi connectivity index (χ3v) is 4.65. The summed E-state index contributed by atoms with van der Waals surface area (Å²) in [5, 5.41) is 3.41. The van der Waals surface area contributed by atoms with E-state index >= 15 is 0 Å². The first kappa shape index (κ1) is 17.1. The van der Waals surface area contributed by atoms with Gasteiger partial charge in [-0.05, 0) is 57.4 Å². The van der Waals surface area contributed by atoms with E-state index in [4.69, 9.17) is 22.1 Å². The number of hydrogen-bond acceptors (Lipinski definition) is 3. The van der Waals surface area contributed by atoms with E-state index in [-0.39, 0.29) is 11.0 Å². The molecule has 22 heavy (non-hydrogen) atoms. The summed E-state index contributed by atoms with van der Waals surface area (Å²) < 4.78 is 5.27. The number of nitrogens with two attached hydrogens (primary N) is 1. The molecular weight excluding hydrogens is 300 g/mol. The second-order valence-electron chi connectivity index (χ2n) is 7.60. The van der Waals surface area contributed by atoms with Gasteiger partial charge in [0.05, 0.1) is 0 Å². The van der Waals surface area contributed by atoms with E-state index in [2.05, 4.69) is 19.2 Å². The van der Waals surface area contributed by atoms with E-state index < -0.39 is 11.7 Å². The number of ether oxygens (including phenoxy) is 1. The lowest BCUT2D eigenvalue weighted by atomic mass is 9.76. The Morgan fingerprint density at radius 1 is 1.27 bits per heavy atom. The molecule has 5 heteroatoms. The van der Waals surface area contributed by atoms with Crippen LogP contribution < -0.4 is 11.1 Å². The largest absolute Gasteiger partial charge is 0.444 e.